The van der Waals surface area contributed by atoms with E-state index < -0.39 is 0 Å². The van der Waals surface area contributed by atoms with Gasteiger partial charge in [0.15, 0.2) is 0 Å². The van der Waals surface area contributed by atoms with Crippen LogP contribution in [0.5, 0.6) is 0 Å². The van der Waals surface area contributed by atoms with E-state index in [2.05, 4.69) is 24.1 Å². The normalized spacial score (nSPS) is 26.5. The van der Waals surface area contributed by atoms with Gasteiger partial charge in [0.1, 0.15) is 0 Å². The molecule has 110 valence electrons. The molecule has 1 amide bonds. The van der Waals surface area contributed by atoms with Crippen molar-refractivity contribution in [2.75, 3.05) is 19.6 Å². The number of hydrogen-bond donors (Lipinski definition) is 1. The molecule has 19 heavy (non-hydrogen) atoms. The van der Waals surface area contributed by atoms with Gasteiger partial charge in [0.25, 0.3) is 0 Å². The molecule has 2 aliphatic rings. The molecule has 0 bridgehead atoms. The maximum atomic E-state index is 12.6. The predicted octanol–water partition coefficient (Wildman–Crippen LogP) is 2.80. The fourth-order valence-electron chi connectivity index (χ4n) is 3.53. The fourth-order valence-corrected chi connectivity index (χ4v) is 3.53. The van der Waals surface area contributed by atoms with Crippen LogP contribution in [0.25, 0.3) is 0 Å². The number of carbonyl (C=O) groups is 1. The summed E-state index contributed by atoms with van der Waals surface area (Å²) < 4.78 is 0. The second-order valence-corrected chi connectivity index (χ2v) is 6.75. The molecule has 0 aromatic rings. The number of nitrogens with one attached hydrogen (secondary N) is 1. The summed E-state index contributed by atoms with van der Waals surface area (Å²) in [5.41, 5.74) is 0. The van der Waals surface area contributed by atoms with Gasteiger partial charge in [-0.2, -0.15) is 0 Å². The molecule has 2 fully saturated rings. The molecule has 1 heterocycles. The van der Waals surface area contributed by atoms with E-state index in [9.17, 15) is 4.79 Å². The molecule has 0 radical (unpaired) electrons. The second-order valence-electron chi connectivity index (χ2n) is 6.75. The van der Waals surface area contributed by atoms with Gasteiger partial charge in [-0.1, -0.05) is 33.1 Å². The highest BCUT2D eigenvalue weighted by Crippen LogP contribution is 2.26. The van der Waals surface area contributed by atoms with Gasteiger partial charge in [-0.3, -0.25) is 4.79 Å². The third-order valence-electron chi connectivity index (χ3n) is 4.50. The maximum absolute atomic E-state index is 12.6. The standard InChI is InChI=1S/C16H30N2O/c1-13(2)11-15-12-18(10-6-9-17-15)16(19)14-7-4-3-5-8-14/h13-15,17H,3-12H2,1-2H3. The average Bonchev–Trinajstić information content (AvgIpc) is 2.64. The van der Waals surface area contributed by atoms with Gasteiger partial charge in [0.05, 0.1) is 0 Å². The van der Waals surface area contributed by atoms with Crippen LogP contribution in [0.1, 0.15) is 58.8 Å². The van der Waals surface area contributed by atoms with E-state index >= 15 is 0 Å². The molecular formula is C16H30N2O. The SMILES string of the molecule is CC(C)CC1CN(C(=O)C2CCCCC2)CCCN1. The summed E-state index contributed by atoms with van der Waals surface area (Å²) in [4.78, 5) is 14.8. The van der Waals surface area contributed by atoms with Gasteiger partial charge < -0.3 is 10.2 Å². The highest BCUT2D eigenvalue weighted by Gasteiger charge is 2.28. The molecule has 1 aliphatic heterocycles. The first-order chi connectivity index (χ1) is 9.16. The molecule has 2 rings (SSSR count). The average molecular weight is 266 g/mol. The lowest BCUT2D eigenvalue weighted by Crippen LogP contribution is -2.43. The number of amides is 1. The molecule has 0 aromatic heterocycles. The van der Waals surface area contributed by atoms with Crippen molar-refractivity contribution in [3.8, 4) is 0 Å². The van der Waals surface area contributed by atoms with E-state index in [-0.39, 0.29) is 0 Å². The Morgan fingerprint density at radius 2 is 1.95 bits per heavy atom. The van der Waals surface area contributed by atoms with Crippen LogP contribution in [0.3, 0.4) is 0 Å². The van der Waals surface area contributed by atoms with Crippen molar-refractivity contribution in [3.63, 3.8) is 0 Å². The molecule has 1 saturated heterocycles. The van der Waals surface area contributed by atoms with Gasteiger partial charge in [-0.25, -0.2) is 0 Å². The molecule has 3 nitrogen and oxygen atoms in total. The van der Waals surface area contributed by atoms with Crippen LogP contribution in [-0.2, 0) is 4.79 Å². The Bertz CT molecular complexity index is 284. The number of hydrogen-bond acceptors (Lipinski definition) is 2. The zero-order chi connectivity index (χ0) is 13.7. The highest BCUT2D eigenvalue weighted by atomic mass is 16.2. The monoisotopic (exact) mass is 266 g/mol. The van der Waals surface area contributed by atoms with E-state index in [1.807, 2.05) is 0 Å². The maximum Gasteiger partial charge on any atom is 0.225 e. The Kier molecular flexibility index (Phi) is 5.68. The van der Waals surface area contributed by atoms with Gasteiger partial charge in [0.2, 0.25) is 5.91 Å². The summed E-state index contributed by atoms with van der Waals surface area (Å²) in [6.45, 7) is 7.47. The smallest absolute Gasteiger partial charge is 0.225 e. The minimum absolute atomic E-state index is 0.326. The van der Waals surface area contributed by atoms with Crippen molar-refractivity contribution in [2.45, 2.75) is 64.8 Å². The molecule has 1 saturated carbocycles. The first kappa shape index (κ1) is 14.8. The van der Waals surface area contributed by atoms with Crippen LogP contribution in [0.4, 0.5) is 0 Å². The molecule has 1 aliphatic carbocycles. The zero-order valence-electron chi connectivity index (χ0n) is 12.7. The molecule has 1 N–H and O–H groups in total. The Morgan fingerprint density at radius 3 is 2.63 bits per heavy atom. The minimum Gasteiger partial charge on any atom is -0.341 e. The quantitative estimate of drug-likeness (QED) is 0.852. The Balaban J connectivity index is 1.91. The van der Waals surface area contributed by atoms with Crippen molar-refractivity contribution < 1.29 is 4.79 Å². The van der Waals surface area contributed by atoms with Crippen molar-refractivity contribution in [1.29, 1.82) is 0 Å². The van der Waals surface area contributed by atoms with Gasteiger partial charge in [-0.15, -0.1) is 0 Å². The third-order valence-corrected chi connectivity index (χ3v) is 4.50. The number of carbonyl (C=O) groups excluding carboxylic acids is 1. The molecule has 1 atom stereocenters. The van der Waals surface area contributed by atoms with E-state index in [1.165, 1.54) is 25.7 Å². The van der Waals surface area contributed by atoms with Crippen LogP contribution in [0, 0.1) is 11.8 Å². The largest absolute Gasteiger partial charge is 0.341 e. The van der Waals surface area contributed by atoms with Crippen LogP contribution < -0.4 is 5.32 Å². The van der Waals surface area contributed by atoms with Crippen molar-refractivity contribution in [2.24, 2.45) is 11.8 Å². The van der Waals surface area contributed by atoms with Crippen molar-refractivity contribution >= 4 is 5.91 Å². The minimum atomic E-state index is 0.326. The topological polar surface area (TPSA) is 32.3 Å². The fraction of sp³-hybridized carbons (Fsp3) is 0.938. The lowest BCUT2D eigenvalue weighted by atomic mass is 9.88. The van der Waals surface area contributed by atoms with Gasteiger partial charge in [-0.05, 0) is 38.1 Å². The summed E-state index contributed by atoms with van der Waals surface area (Å²) in [5.74, 6) is 1.46. The van der Waals surface area contributed by atoms with Gasteiger partial charge >= 0.3 is 0 Å². The van der Waals surface area contributed by atoms with E-state index in [4.69, 9.17) is 0 Å². The molecular weight excluding hydrogens is 236 g/mol. The van der Waals surface area contributed by atoms with Crippen LogP contribution >= 0.6 is 0 Å². The number of nitrogens with zero attached hydrogens (tertiary/aromatic N) is 1. The van der Waals surface area contributed by atoms with Gasteiger partial charge in [0, 0.05) is 25.0 Å². The lowest BCUT2D eigenvalue weighted by molar-refractivity contribution is -0.136. The Hall–Kier alpha value is -0.570. The van der Waals surface area contributed by atoms with Crippen LogP contribution in [0.15, 0.2) is 0 Å². The van der Waals surface area contributed by atoms with E-state index in [1.54, 1.807) is 0 Å². The second kappa shape index (κ2) is 7.28. The van der Waals surface area contributed by atoms with Crippen LogP contribution in [-0.4, -0.2) is 36.5 Å². The summed E-state index contributed by atoms with van der Waals surface area (Å²) in [5, 5.41) is 3.61. The molecule has 3 heteroatoms. The molecule has 0 aromatic carbocycles. The van der Waals surface area contributed by atoms with E-state index in [0.717, 1.165) is 38.9 Å². The molecule has 1 unspecified atom stereocenters. The first-order valence-electron chi connectivity index (χ1n) is 8.19. The first-order valence-corrected chi connectivity index (χ1v) is 8.19. The van der Waals surface area contributed by atoms with Crippen LogP contribution in [0.2, 0.25) is 0 Å². The lowest BCUT2D eigenvalue weighted by Gasteiger charge is -2.30. The highest BCUT2D eigenvalue weighted by molar-refractivity contribution is 5.79. The summed E-state index contributed by atoms with van der Waals surface area (Å²) in [6.07, 6.45) is 8.34. The zero-order valence-corrected chi connectivity index (χ0v) is 12.7. The summed E-state index contributed by atoms with van der Waals surface area (Å²) >= 11 is 0. The van der Waals surface area contributed by atoms with Crippen molar-refractivity contribution in [1.82, 2.24) is 10.2 Å². The predicted molar refractivity (Wildman–Crippen MR) is 79.0 cm³/mol. The third kappa shape index (κ3) is 4.48. The van der Waals surface area contributed by atoms with E-state index in [0.29, 0.717) is 23.8 Å². The molecule has 0 spiro atoms. The Labute approximate surface area is 118 Å². The summed E-state index contributed by atoms with van der Waals surface area (Å²) in [7, 11) is 0. The number of rotatable bonds is 3. The van der Waals surface area contributed by atoms with Crippen molar-refractivity contribution in [3.05, 3.63) is 0 Å². The Morgan fingerprint density at radius 1 is 1.21 bits per heavy atom. The summed E-state index contributed by atoms with van der Waals surface area (Å²) in [6, 6.07) is 0.495.